The number of carbonyl (C=O) groups excluding carboxylic acids is 2. The van der Waals surface area contributed by atoms with E-state index in [1.807, 2.05) is 0 Å². The van der Waals surface area contributed by atoms with E-state index >= 15 is 0 Å². The molecule has 0 rings (SSSR count). The molecule has 4 atom stereocenters. The van der Waals surface area contributed by atoms with E-state index in [1.54, 1.807) is 13.8 Å². The predicted molar refractivity (Wildman–Crippen MR) is 81.5 cm³/mol. The van der Waals surface area contributed by atoms with Crippen molar-refractivity contribution in [1.29, 1.82) is 0 Å². The van der Waals surface area contributed by atoms with E-state index in [0.717, 1.165) is 0 Å². The summed E-state index contributed by atoms with van der Waals surface area (Å²) in [4.78, 5) is 52.3. The van der Waals surface area contributed by atoms with Gasteiger partial charge in [-0.15, -0.1) is 0 Å². The highest BCUT2D eigenvalue weighted by atomic mass is 31.2. The predicted octanol–water partition coefficient (Wildman–Crippen LogP) is -1.39. The number of hydrogen-bond donors (Lipinski definition) is 6. The Morgan fingerprint density at radius 1 is 1.13 bits per heavy atom. The maximum Gasteiger partial charge on any atom is 0.327 e. The lowest BCUT2D eigenvalue weighted by Crippen LogP contribution is -2.55. The minimum atomic E-state index is -4.46. The fourth-order valence-corrected chi connectivity index (χ4v) is 2.36. The van der Waals surface area contributed by atoms with Crippen LogP contribution < -0.4 is 16.4 Å². The van der Waals surface area contributed by atoms with Gasteiger partial charge < -0.3 is 31.3 Å². The number of rotatable bonds is 9. The molecule has 0 saturated carbocycles. The van der Waals surface area contributed by atoms with Gasteiger partial charge in [0.2, 0.25) is 11.8 Å². The van der Waals surface area contributed by atoms with Crippen LogP contribution in [-0.4, -0.2) is 57.0 Å². The average Bonchev–Trinajstić information content (AvgIpc) is 2.41. The van der Waals surface area contributed by atoms with Gasteiger partial charge in [0.15, 0.2) is 0 Å². The first-order valence-electron chi connectivity index (χ1n) is 7.02. The summed E-state index contributed by atoms with van der Waals surface area (Å²) in [5, 5.41) is 13.6. The molecule has 11 heteroatoms. The van der Waals surface area contributed by atoms with Crippen LogP contribution in [-0.2, 0) is 18.9 Å². The summed E-state index contributed by atoms with van der Waals surface area (Å²) in [6, 6.07) is -3.68. The summed E-state index contributed by atoms with van der Waals surface area (Å²) in [5.74, 6) is -3.14. The molecule has 0 saturated heterocycles. The Bertz CT molecular complexity index is 493. The van der Waals surface area contributed by atoms with Gasteiger partial charge in [0.25, 0.3) is 0 Å². The molecule has 0 spiro atoms. The molecule has 0 aliphatic carbocycles. The molecule has 0 aliphatic heterocycles. The second-order valence-electron chi connectivity index (χ2n) is 5.39. The molecule has 134 valence electrons. The topological polar surface area (TPSA) is 179 Å². The minimum Gasteiger partial charge on any atom is -0.480 e. The lowest BCUT2D eigenvalue weighted by Gasteiger charge is -2.23. The van der Waals surface area contributed by atoms with Gasteiger partial charge in [0.05, 0.1) is 12.2 Å². The Balaban J connectivity index is 4.68. The van der Waals surface area contributed by atoms with Crippen molar-refractivity contribution < 1.29 is 33.8 Å². The van der Waals surface area contributed by atoms with Crippen LogP contribution in [0.3, 0.4) is 0 Å². The molecular formula is C12H24N3O7P. The molecule has 10 nitrogen and oxygen atoms in total. The van der Waals surface area contributed by atoms with Crippen LogP contribution in [0.5, 0.6) is 0 Å². The monoisotopic (exact) mass is 353 g/mol. The van der Waals surface area contributed by atoms with Gasteiger partial charge in [-0.3, -0.25) is 14.2 Å². The molecule has 0 aromatic carbocycles. The van der Waals surface area contributed by atoms with Gasteiger partial charge in [0, 0.05) is 0 Å². The van der Waals surface area contributed by atoms with Crippen LogP contribution in [0.15, 0.2) is 0 Å². The fraction of sp³-hybridized carbons (Fsp3) is 0.750. The molecule has 0 aromatic heterocycles. The van der Waals surface area contributed by atoms with E-state index in [1.165, 1.54) is 6.92 Å². The maximum absolute atomic E-state index is 11.9. The van der Waals surface area contributed by atoms with Crippen LogP contribution in [0, 0.1) is 5.92 Å². The molecule has 0 bridgehead atoms. The van der Waals surface area contributed by atoms with Gasteiger partial charge in [0.1, 0.15) is 12.1 Å². The molecule has 0 unspecified atom stereocenters. The van der Waals surface area contributed by atoms with Crippen molar-refractivity contribution in [1.82, 2.24) is 10.6 Å². The van der Waals surface area contributed by atoms with E-state index in [0.29, 0.717) is 6.42 Å². The van der Waals surface area contributed by atoms with Crippen molar-refractivity contribution in [3.05, 3.63) is 0 Å². The van der Waals surface area contributed by atoms with E-state index in [2.05, 4.69) is 10.6 Å². The van der Waals surface area contributed by atoms with Crippen molar-refractivity contribution >= 4 is 25.4 Å². The van der Waals surface area contributed by atoms with E-state index < -0.39 is 49.7 Å². The maximum atomic E-state index is 11.9. The fourth-order valence-electron chi connectivity index (χ4n) is 1.69. The summed E-state index contributed by atoms with van der Waals surface area (Å²) < 4.78 is 10.8. The minimum absolute atomic E-state index is 0.309. The summed E-state index contributed by atoms with van der Waals surface area (Å²) in [6.07, 6.45) is -0.317. The van der Waals surface area contributed by atoms with Gasteiger partial charge in [-0.1, -0.05) is 20.3 Å². The van der Waals surface area contributed by atoms with Crippen LogP contribution >= 0.6 is 7.60 Å². The Hall–Kier alpha value is -1.48. The average molecular weight is 353 g/mol. The standard InChI is InChI=1S/C12H24N3O7P/c1-4-6(2)9(12(18)19)15-10(16)7(3)14-11(17)8(13)5-23(20,21)22/h6-9H,4-5,13H2,1-3H3,(H,14,17)(H,15,16)(H,18,19)(H2,20,21,22)/t6-,7-,8-,9-/m0/s1. The third-order valence-electron chi connectivity index (χ3n) is 3.30. The zero-order valence-corrected chi connectivity index (χ0v) is 14.1. The largest absolute Gasteiger partial charge is 0.480 e. The highest BCUT2D eigenvalue weighted by Crippen LogP contribution is 2.34. The molecule has 0 aliphatic rings. The molecule has 7 N–H and O–H groups in total. The summed E-state index contributed by atoms with van der Waals surface area (Å²) in [7, 11) is -4.46. The van der Waals surface area contributed by atoms with E-state index in [9.17, 15) is 18.9 Å². The quantitative estimate of drug-likeness (QED) is 0.274. The smallest absolute Gasteiger partial charge is 0.327 e. The Labute approximate surface area is 134 Å². The normalized spacial score (nSPS) is 16.8. The number of carboxylic acids is 1. The van der Waals surface area contributed by atoms with Gasteiger partial charge >= 0.3 is 13.6 Å². The summed E-state index contributed by atoms with van der Waals surface area (Å²) in [5.41, 5.74) is 5.34. The van der Waals surface area contributed by atoms with E-state index in [-0.39, 0.29) is 5.92 Å². The van der Waals surface area contributed by atoms with Crippen LogP contribution in [0.4, 0.5) is 0 Å². The Morgan fingerprint density at radius 3 is 2.04 bits per heavy atom. The first-order chi connectivity index (χ1) is 10.4. The number of nitrogens with two attached hydrogens (primary N) is 1. The van der Waals surface area contributed by atoms with Crippen molar-refractivity contribution in [3.63, 3.8) is 0 Å². The van der Waals surface area contributed by atoms with Crippen LogP contribution in [0.2, 0.25) is 0 Å². The number of hydrogen-bond acceptors (Lipinski definition) is 5. The first kappa shape index (κ1) is 21.5. The zero-order chi connectivity index (χ0) is 18.4. The van der Waals surface area contributed by atoms with Crippen molar-refractivity contribution in [3.8, 4) is 0 Å². The molecule has 0 aromatic rings. The highest BCUT2D eigenvalue weighted by molar-refractivity contribution is 7.51. The number of nitrogens with one attached hydrogen (secondary N) is 2. The van der Waals surface area contributed by atoms with Crippen molar-refractivity contribution in [2.45, 2.75) is 45.3 Å². The van der Waals surface area contributed by atoms with E-state index in [4.69, 9.17) is 20.6 Å². The molecule has 0 heterocycles. The lowest BCUT2D eigenvalue weighted by atomic mass is 9.99. The molecule has 0 fully saturated rings. The first-order valence-corrected chi connectivity index (χ1v) is 8.82. The van der Waals surface area contributed by atoms with Crippen molar-refractivity contribution in [2.24, 2.45) is 11.7 Å². The van der Waals surface area contributed by atoms with Gasteiger partial charge in [-0.05, 0) is 12.8 Å². The number of aliphatic carboxylic acids is 1. The summed E-state index contributed by atoms with van der Waals surface area (Å²) in [6.45, 7) is 4.75. The second kappa shape index (κ2) is 8.97. The Kier molecular flexibility index (Phi) is 8.39. The SMILES string of the molecule is CC[C@H](C)[C@H](NC(=O)[C@H](C)NC(=O)[C@@H](N)CP(=O)(O)O)C(=O)O. The third kappa shape index (κ3) is 8.08. The Morgan fingerprint density at radius 2 is 1.65 bits per heavy atom. The second-order valence-corrected chi connectivity index (χ2v) is 7.09. The molecule has 2 amide bonds. The number of carboxylic acid groups (broad SMARTS) is 1. The third-order valence-corrected chi connectivity index (χ3v) is 4.17. The molecular weight excluding hydrogens is 329 g/mol. The number of amides is 2. The van der Waals surface area contributed by atoms with Crippen LogP contribution in [0.1, 0.15) is 27.2 Å². The number of carbonyl (C=O) groups is 3. The molecule has 23 heavy (non-hydrogen) atoms. The van der Waals surface area contributed by atoms with Crippen LogP contribution in [0.25, 0.3) is 0 Å². The molecule has 0 radical (unpaired) electrons. The van der Waals surface area contributed by atoms with Gasteiger partial charge in [-0.25, -0.2) is 4.79 Å². The highest BCUT2D eigenvalue weighted by Gasteiger charge is 2.29. The van der Waals surface area contributed by atoms with Gasteiger partial charge in [-0.2, -0.15) is 0 Å². The summed E-state index contributed by atoms with van der Waals surface area (Å²) >= 11 is 0. The van der Waals surface area contributed by atoms with Crippen molar-refractivity contribution in [2.75, 3.05) is 6.16 Å². The zero-order valence-electron chi connectivity index (χ0n) is 13.2. The lowest BCUT2D eigenvalue weighted by molar-refractivity contribution is -0.143.